The number of pyridine rings is 1. The molecule has 14 nitrogen and oxygen atoms in total. The van der Waals surface area contributed by atoms with Crippen molar-refractivity contribution < 1.29 is 60.3 Å². The fraction of sp³-hybridized carbons (Fsp3) is 0.459. The summed E-state index contributed by atoms with van der Waals surface area (Å²) in [5.41, 5.74) is -0.236. The summed E-state index contributed by atoms with van der Waals surface area (Å²) in [5.74, 6) is -2.08. The molecule has 0 spiro atoms. The minimum atomic E-state index is -3.13. The molecule has 1 amide bonds. The average molecular weight is 845 g/mol. The Bertz CT molecular complexity index is 1920. The molecular formula is C37H41Cl2F2N3O11S. The van der Waals surface area contributed by atoms with Gasteiger partial charge >= 0.3 is 18.6 Å². The van der Waals surface area contributed by atoms with E-state index in [0.717, 1.165) is 42.4 Å². The molecule has 0 bridgehead atoms. The molecule has 1 aromatic heterocycles. The molecular weight excluding hydrogens is 803 g/mol. The Hall–Kier alpha value is -4.45. The third-order valence-corrected chi connectivity index (χ3v) is 9.74. The van der Waals surface area contributed by atoms with Gasteiger partial charge in [-0.3, -0.25) is 23.2 Å². The van der Waals surface area contributed by atoms with E-state index in [4.69, 9.17) is 42.1 Å². The lowest BCUT2D eigenvalue weighted by molar-refractivity contribution is -0.605. The number of amides is 1. The fourth-order valence-electron chi connectivity index (χ4n) is 5.30. The zero-order chi connectivity index (χ0) is 40.7. The maximum absolute atomic E-state index is 13.3. The number of alkyl halides is 2. The predicted molar refractivity (Wildman–Crippen MR) is 200 cm³/mol. The third kappa shape index (κ3) is 12.8. The predicted octanol–water partition coefficient (Wildman–Crippen LogP) is 6.35. The summed E-state index contributed by atoms with van der Waals surface area (Å²) in [5, 5.41) is 14.3. The number of rotatable bonds is 19. The van der Waals surface area contributed by atoms with Gasteiger partial charge in [-0.1, -0.05) is 29.3 Å². The molecule has 1 heterocycles. The molecule has 0 aliphatic heterocycles. The van der Waals surface area contributed by atoms with Crippen LogP contribution >= 0.6 is 23.2 Å². The molecule has 2 atom stereocenters. The highest BCUT2D eigenvalue weighted by atomic mass is 35.5. The molecule has 1 unspecified atom stereocenters. The van der Waals surface area contributed by atoms with Crippen LogP contribution < -0.4 is 28.6 Å². The first-order valence-electron chi connectivity index (χ1n) is 17.6. The van der Waals surface area contributed by atoms with Gasteiger partial charge in [-0.05, 0) is 94.2 Å². The summed E-state index contributed by atoms with van der Waals surface area (Å²) in [6.45, 7) is 1.12. The smallest absolute Gasteiger partial charge is 0.387 e. The van der Waals surface area contributed by atoms with Crippen LogP contribution in [0.5, 0.6) is 17.2 Å². The van der Waals surface area contributed by atoms with Crippen molar-refractivity contribution in [3.8, 4) is 17.2 Å². The number of nitrogens with zero attached hydrogens (tertiary/aromatic N) is 2. The van der Waals surface area contributed by atoms with Crippen LogP contribution in [0.15, 0.2) is 48.8 Å². The van der Waals surface area contributed by atoms with Crippen LogP contribution in [0.4, 0.5) is 14.5 Å². The number of ether oxygens (including phenoxy) is 5. The molecule has 2 fully saturated rings. The van der Waals surface area contributed by atoms with E-state index in [0.29, 0.717) is 4.73 Å². The normalized spacial score (nSPS) is 15.1. The Kier molecular flexibility index (Phi) is 14.2. The molecule has 0 saturated heterocycles. The van der Waals surface area contributed by atoms with Crippen molar-refractivity contribution in [3.63, 3.8) is 0 Å². The summed E-state index contributed by atoms with van der Waals surface area (Å²) in [7, 11) is 0. The van der Waals surface area contributed by atoms with Gasteiger partial charge in [0.05, 0.1) is 18.9 Å². The summed E-state index contributed by atoms with van der Waals surface area (Å²) in [6.07, 6.45) is 4.50. The molecule has 56 heavy (non-hydrogen) atoms. The van der Waals surface area contributed by atoms with E-state index in [-0.39, 0.29) is 81.1 Å². The summed E-state index contributed by atoms with van der Waals surface area (Å²) >= 11 is 9.99. The van der Waals surface area contributed by atoms with E-state index in [1.54, 1.807) is 20.8 Å². The Morgan fingerprint density at radius 2 is 1.59 bits per heavy atom. The number of hydrogen-bond donors (Lipinski definition) is 2. The van der Waals surface area contributed by atoms with Crippen molar-refractivity contribution in [1.82, 2.24) is 5.32 Å². The van der Waals surface area contributed by atoms with Crippen molar-refractivity contribution in [1.29, 1.82) is 0 Å². The minimum absolute atomic E-state index is 0.00967. The van der Waals surface area contributed by atoms with Crippen LogP contribution in [0, 0.1) is 17.0 Å². The first kappa shape index (κ1) is 42.7. The number of benzene rings is 2. The van der Waals surface area contributed by atoms with Crippen molar-refractivity contribution in [2.45, 2.75) is 71.2 Å². The van der Waals surface area contributed by atoms with Crippen molar-refractivity contribution in [2.75, 3.05) is 30.6 Å². The number of carbonyl (C=O) groups excluding carboxylic acids is 3. The van der Waals surface area contributed by atoms with Crippen LogP contribution in [-0.2, 0) is 36.8 Å². The second-order valence-electron chi connectivity index (χ2n) is 14.3. The van der Waals surface area contributed by atoms with Gasteiger partial charge in [-0.25, -0.2) is 4.21 Å². The van der Waals surface area contributed by atoms with Gasteiger partial charge in [-0.2, -0.15) is 13.5 Å². The number of anilines is 1. The van der Waals surface area contributed by atoms with Crippen molar-refractivity contribution >= 4 is 58.0 Å². The van der Waals surface area contributed by atoms with Crippen LogP contribution in [0.25, 0.3) is 0 Å². The van der Waals surface area contributed by atoms with Gasteiger partial charge in [0.15, 0.2) is 23.9 Å². The number of esters is 2. The zero-order valence-electron chi connectivity index (χ0n) is 30.6. The van der Waals surface area contributed by atoms with Crippen LogP contribution in [0.2, 0.25) is 10.0 Å². The number of halogens is 4. The first-order valence-corrected chi connectivity index (χ1v) is 19.4. The highest BCUT2D eigenvalue weighted by Crippen LogP contribution is 2.38. The zero-order valence-corrected chi connectivity index (χ0v) is 33.0. The first-order chi connectivity index (χ1) is 26.4. The number of carbonyl (C=O) groups is 3. The highest BCUT2D eigenvalue weighted by Gasteiger charge is 2.29. The SMILES string of the molecule is CC(C)(C)OC(=O)CN(c1ccc(C(=O)NCC(=O)O[C@@H](Cc2c(Cl)c[n+]([O-])cc2Cl)c2ccc(OC(F)F)c(OCC3CC3)c2)cc1OCC1CC1)S(=O)O. The molecule has 2 aliphatic rings. The molecule has 0 radical (unpaired) electrons. The minimum Gasteiger partial charge on any atom is -0.619 e. The Morgan fingerprint density at radius 1 is 0.964 bits per heavy atom. The van der Waals surface area contributed by atoms with Gasteiger partial charge in [0.1, 0.15) is 40.6 Å². The van der Waals surface area contributed by atoms with E-state index >= 15 is 0 Å². The average Bonchev–Trinajstić information content (AvgIpc) is 4.04. The van der Waals surface area contributed by atoms with Crippen LogP contribution in [0.1, 0.15) is 74.0 Å². The van der Waals surface area contributed by atoms with E-state index in [9.17, 15) is 37.1 Å². The number of nitrogens with one attached hydrogen (secondary N) is 1. The summed E-state index contributed by atoms with van der Waals surface area (Å²) in [4.78, 5) is 39.2. The standard InChI is InChI=1S/C37H41Cl2F2N3O11S/c1-37(2,3)55-34(46)18-44(56(49)50)28-10-8-24(13-31(28)51-19-21-4-5-21)35(47)42-15-33(45)53-30(14-25-26(38)16-43(48)17-27(25)39)23-9-11-29(54-36(40)41)32(12-23)52-20-22-6-7-22/h8-13,16-17,21-22,30,36H,4-7,14-15,18-20H2,1-3H3,(H,42,47)(H,49,50)/t30-/m0/s1. The topological polar surface area (TPSA) is 177 Å². The van der Waals surface area contributed by atoms with Crippen LogP contribution in [-0.4, -0.2) is 65.1 Å². The van der Waals surface area contributed by atoms with Gasteiger partial charge in [-0.15, -0.1) is 0 Å². The van der Waals surface area contributed by atoms with E-state index in [2.05, 4.69) is 10.1 Å². The number of aromatic nitrogens is 1. The van der Waals surface area contributed by atoms with Gasteiger partial charge in [0, 0.05) is 17.5 Å². The Labute approximate surface area is 334 Å². The Balaban J connectivity index is 1.34. The van der Waals surface area contributed by atoms with E-state index in [1.165, 1.54) is 36.4 Å². The lowest BCUT2D eigenvalue weighted by Crippen LogP contribution is -2.36. The number of hydrogen-bond acceptors (Lipinski definition) is 10. The maximum Gasteiger partial charge on any atom is 0.387 e. The monoisotopic (exact) mass is 843 g/mol. The molecule has 2 N–H and O–H groups in total. The molecule has 2 saturated carbocycles. The Morgan fingerprint density at radius 3 is 2.16 bits per heavy atom. The molecule has 3 aromatic rings. The lowest BCUT2D eigenvalue weighted by Gasteiger charge is -2.25. The molecule has 2 aliphatic carbocycles. The molecule has 19 heteroatoms. The van der Waals surface area contributed by atoms with E-state index in [1.807, 2.05) is 0 Å². The third-order valence-electron chi connectivity index (χ3n) is 8.38. The fourth-order valence-corrected chi connectivity index (χ4v) is 6.43. The second-order valence-corrected chi connectivity index (χ2v) is 16.0. The van der Waals surface area contributed by atoms with Gasteiger partial charge < -0.3 is 34.2 Å². The highest BCUT2D eigenvalue weighted by molar-refractivity contribution is 7.80. The molecule has 5 rings (SSSR count). The van der Waals surface area contributed by atoms with Crippen LogP contribution in [0.3, 0.4) is 0 Å². The van der Waals surface area contributed by atoms with Gasteiger partial charge in [0.25, 0.3) is 17.2 Å². The lowest BCUT2D eigenvalue weighted by atomic mass is 10.0. The largest absolute Gasteiger partial charge is 0.619 e. The summed E-state index contributed by atoms with van der Waals surface area (Å²) < 4.78 is 77.6. The van der Waals surface area contributed by atoms with E-state index < -0.39 is 60.5 Å². The molecule has 2 aromatic carbocycles. The van der Waals surface area contributed by atoms with Crippen molar-refractivity contribution in [2.24, 2.45) is 11.8 Å². The van der Waals surface area contributed by atoms with Gasteiger partial charge in [0.2, 0.25) is 0 Å². The van der Waals surface area contributed by atoms with Crippen molar-refractivity contribution in [3.05, 3.63) is 80.7 Å². The quantitative estimate of drug-likeness (QED) is 0.0596. The molecule has 304 valence electrons. The second kappa shape index (κ2) is 18.7. The maximum atomic E-state index is 13.3. The summed E-state index contributed by atoms with van der Waals surface area (Å²) in [6, 6.07) is 8.03.